The number of aromatic nitrogens is 3. The minimum Gasteiger partial charge on any atom is -0.281 e. The van der Waals surface area contributed by atoms with Crippen LogP contribution in [0.15, 0.2) is 33.6 Å². The van der Waals surface area contributed by atoms with E-state index in [0.29, 0.717) is 11.4 Å². The third kappa shape index (κ3) is 2.76. The van der Waals surface area contributed by atoms with Gasteiger partial charge >= 0.3 is 0 Å². The van der Waals surface area contributed by atoms with Crippen molar-refractivity contribution in [3.05, 3.63) is 30.1 Å². The third-order valence-corrected chi connectivity index (χ3v) is 6.37. The Morgan fingerprint density at radius 1 is 1.38 bits per heavy atom. The Labute approximate surface area is 130 Å². The summed E-state index contributed by atoms with van der Waals surface area (Å²) in [5.74, 6) is 0. The van der Waals surface area contributed by atoms with E-state index in [1.807, 2.05) is 12.3 Å². The second-order valence-corrected chi connectivity index (χ2v) is 8.07. The molecule has 3 aromatic rings. The summed E-state index contributed by atoms with van der Waals surface area (Å²) in [7, 11) is -3.63. The SMILES string of the molecule is CSc1nc2ccc(NS(=O)(=O)c3cn[nH]c3C)cc2s1. The second kappa shape index (κ2) is 5.32. The number of thiazole rings is 1. The summed E-state index contributed by atoms with van der Waals surface area (Å²) in [5, 5.41) is 6.36. The molecule has 9 heteroatoms. The molecule has 1 aromatic carbocycles. The lowest BCUT2D eigenvalue weighted by atomic mass is 10.3. The first-order chi connectivity index (χ1) is 9.99. The maximum Gasteiger partial charge on any atom is 0.265 e. The van der Waals surface area contributed by atoms with Gasteiger partial charge in [0.05, 0.1) is 27.8 Å². The van der Waals surface area contributed by atoms with Gasteiger partial charge in [-0.05, 0) is 31.4 Å². The van der Waals surface area contributed by atoms with E-state index in [2.05, 4.69) is 19.9 Å². The fourth-order valence-electron chi connectivity index (χ4n) is 1.87. The van der Waals surface area contributed by atoms with Gasteiger partial charge in [0.25, 0.3) is 10.0 Å². The zero-order valence-electron chi connectivity index (χ0n) is 11.2. The van der Waals surface area contributed by atoms with Crippen molar-refractivity contribution in [2.45, 2.75) is 16.2 Å². The Bertz CT molecular complexity index is 898. The summed E-state index contributed by atoms with van der Waals surface area (Å²) in [6, 6.07) is 5.31. The molecule has 21 heavy (non-hydrogen) atoms. The van der Waals surface area contributed by atoms with Gasteiger partial charge in [-0.2, -0.15) is 5.10 Å². The summed E-state index contributed by atoms with van der Waals surface area (Å²) < 4.78 is 29.1. The van der Waals surface area contributed by atoms with Crippen LogP contribution in [0.5, 0.6) is 0 Å². The van der Waals surface area contributed by atoms with Crippen LogP contribution in [0.1, 0.15) is 5.69 Å². The zero-order valence-corrected chi connectivity index (χ0v) is 13.7. The molecular formula is C12H12N4O2S3. The van der Waals surface area contributed by atoms with Gasteiger partial charge in [-0.15, -0.1) is 11.3 Å². The maximum absolute atomic E-state index is 12.3. The number of benzene rings is 1. The van der Waals surface area contributed by atoms with Gasteiger partial charge in [-0.1, -0.05) is 11.8 Å². The summed E-state index contributed by atoms with van der Waals surface area (Å²) in [6.45, 7) is 1.67. The minimum atomic E-state index is -3.63. The highest BCUT2D eigenvalue weighted by Crippen LogP contribution is 2.30. The number of anilines is 1. The van der Waals surface area contributed by atoms with E-state index in [4.69, 9.17) is 0 Å². The van der Waals surface area contributed by atoms with Crippen LogP contribution >= 0.6 is 23.1 Å². The average molecular weight is 340 g/mol. The van der Waals surface area contributed by atoms with Crippen LogP contribution in [0.3, 0.4) is 0 Å². The molecule has 2 N–H and O–H groups in total. The lowest BCUT2D eigenvalue weighted by Crippen LogP contribution is -2.13. The zero-order chi connectivity index (χ0) is 15.0. The number of hydrogen-bond donors (Lipinski definition) is 2. The summed E-state index contributed by atoms with van der Waals surface area (Å²) >= 11 is 3.11. The summed E-state index contributed by atoms with van der Waals surface area (Å²) in [6.07, 6.45) is 3.26. The number of sulfonamides is 1. The van der Waals surface area contributed by atoms with Crippen molar-refractivity contribution >= 4 is 49.0 Å². The first-order valence-electron chi connectivity index (χ1n) is 5.97. The molecule has 3 rings (SSSR count). The molecule has 0 spiro atoms. The molecule has 0 aliphatic heterocycles. The smallest absolute Gasteiger partial charge is 0.265 e. The fraction of sp³-hybridized carbons (Fsp3) is 0.167. The number of hydrogen-bond acceptors (Lipinski definition) is 6. The number of rotatable bonds is 4. The van der Waals surface area contributed by atoms with Crippen LogP contribution in [0.4, 0.5) is 5.69 Å². The number of H-pyrrole nitrogens is 1. The number of thioether (sulfide) groups is 1. The quantitative estimate of drug-likeness (QED) is 0.713. The average Bonchev–Trinajstić information content (AvgIpc) is 3.03. The van der Waals surface area contributed by atoms with Crippen molar-refractivity contribution in [3.63, 3.8) is 0 Å². The third-order valence-electron chi connectivity index (χ3n) is 2.87. The molecule has 0 fully saturated rings. The van der Waals surface area contributed by atoms with E-state index >= 15 is 0 Å². The lowest BCUT2D eigenvalue weighted by Gasteiger charge is -2.06. The highest BCUT2D eigenvalue weighted by Gasteiger charge is 2.19. The number of aromatic amines is 1. The van der Waals surface area contributed by atoms with Crippen LogP contribution in [-0.2, 0) is 10.0 Å². The second-order valence-electron chi connectivity index (χ2n) is 4.33. The number of nitrogens with zero attached hydrogens (tertiary/aromatic N) is 2. The van der Waals surface area contributed by atoms with Crippen LogP contribution in [-0.4, -0.2) is 29.9 Å². The molecule has 0 saturated carbocycles. The van der Waals surface area contributed by atoms with Crippen LogP contribution in [0.25, 0.3) is 10.2 Å². The predicted octanol–water partition coefficient (Wildman–Crippen LogP) is 2.85. The number of fused-ring (bicyclic) bond motifs is 1. The van der Waals surface area contributed by atoms with E-state index < -0.39 is 10.0 Å². The van der Waals surface area contributed by atoms with Crippen molar-refractivity contribution in [1.29, 1.82) is 0 Å². The number of nitrogens with one attached hydrogen (secondary N) is 2. The molecule has 0 unspecified atom stereocenters. The first kappa shape index (κ1) is 14.4. The molecule has 6 nitrogen and oxygen atoms in total. The van der Waals surface area contributed by atoms with Gasteiger partial charge in [-0.25, -0.2) is 13.4 Å². The van der Waals surface area contributed by atoms with Gasteiger partial charge < -0.3 is 0 Å². The normalized spacial score (nSPS) is 11.9. The van der Waals surface area contributed by atoms with Gasteiger partial charge in [0.15, 0.2) is 4.34 Å². The predicted molar refractivity (Wildman–Crippen MR) is 85.5 cm³/mol. The van der Waals surface area contributed by atoms with E-state index in [0.717, 1.165) is 14.6 Å². The highest BCUT2D eigenvalue weighted by molar-refractivity contribution is 8.00. The van der Waals surface area contributed by atoms with Crippen molar-refractivity contribution in [3.8, 4) is 0 Å². The van der Waals surface area contributed by atoms with Gasteiger partial charge in [-0.3, -0.25) is 9.82 Å². The minimum absolute atomic E-state index is 0.150. The van der Waals surface area contributed by atoms with E-state index in [1.54, 1.807) is 30.8 Å². The molecule has 2 aromatic heterocycles. The van der Waals surface area contributed by atoms with Gasteiger partial charge in [0.2, 0.25) is 0 Å². The Hall–Kier alpha value is -1.58. The number of aryl methyl sites for hydroxylation is 1. The monoisotopic (exact) mass is 340 g/mol. The molecule has 0 aliphatic rings. The Morgan fingerprint density at radius 2 is 2.19 bits per heavy atom. The largest absolute Gasteiger partial charge is 0.281 e. The highest BCUT2D eigenvalue weighted by atomic mass is 32.2. The van der Waals surface area contributed by atoms with Crippen LogP contribution in [0, 0.1) is 6.92 Å². The lowest BCUT2D eigenvalue weighted by molar-refractivity contribution is 0.600. The summed E-state index contributed by atoms with van der Waals surface area (Å²) in [5.41, 5.74) is 1.89. The topological polar surface area (TPSA) is 87.7 Å². The molecule has 0 radical (unpaired) electrons. The van der Waals surface area contributed by atoms with Crippen molar-refractivity contribution < 1.29 is 8.42 Å². The van der Waals surface area contributed by atoms with Crippen molar-refractivity contribution in [2.75, 3.05) is 11.0 Å². The molecule has 0 bridgehead atoms. The molecule has 0 saturated heterocycles. The van der Waals surface area contributed by atoms with Crippen LogP contribution in [0.2, 0.25) is 0 Å². The Morgan fingerprint density at radius 3 is 2.86 bits per heavy atom. The first-order valence-corrected chi connectivity index (χ1v) is 9.49. The molecule has 0 atom stereocenters. The van der Waals surface area contributed by atoms with Gasteiger partial charge in [0.1, 0.15) is 4.90 Å². The maximum atomic E-state index is 12.3. The molecule has 0 amide bonds. The van der Waals surface area contributed by atoms with Crippen LogP contribution < -0.4 is 4.72 Å². The molecule has 2 heterocycles. The Kier molecular flexibility index (Phi) is 3.64. The fourth-order valence-corrected chi connectivity index (χ4v) is 4.59. The van der Waals surface area contributed by atoms with Gasteiger partial charge in [0, 0.05) is 0 Å². The molecular weight excluding hydrogens is 328 g/mol. The molecule has 0 aliphatic carbocycles. The van der Waals surface area contributed by atoms with Crippen molar-refractivity contribution in [1.82, 2.24) is 15.2 Å². The van der Waals surface area contributed by atoms with E-state index in [1.165, 1.54) is 17.5 Å². The van der Waals surface area contributed by atoms with E-state index in [9.17, 15) is 8.42 Å². The molecule has 110 valence electrons. The Balaban J connectivity index is 1.96. The standard InChI is InChI=1S/C12H12N4O2S3/c1-7-11(6-13-15-7)21(17,18)16-8-3-4-9-10(5-8)20-12(14-9)19-2/h3-6,16H,1-2H3,(H,13,15). The summed E-state index contributed by atoms with van der Waals surface area (Å²) in [4.78, 5) is 4.57. The van der Waals surface area contributed by atoms with Crippen molar-refractivity contribution in [2.24, 2.45) is 0 Å². The van der Waals surface area contributed by atoms with E-state index in [-0.39, 0.29) is 4.90 Å².